The van der Waals surface area contributed by atoms with Gasteiger partial charge in [-0.15, -0.1) is 0 Å². The molecule has 1 heterocycles. The Kier molecular flexibility index (Phi) is 7.29. The number of nitrogens with one attached hydrogen (secondary N) is 1. The number of nitrogens with zero attached hydrogens (tertiary/aromatic N) is 2. The predicted molar refractivity (Wildman–Crippen MR) is 109 cm³/mol. The molecule has 3 rings (SSSR count). The van der Waals surface area contributed by atoms with E-state index < -0.39 is 0 Å². The summed E-state index contributed by atoms with van der Waals surface area (Å²) in [6.07, 6.45) is 7.29. The first-order valence-electron chi connectivity index (χ1n) is 10.7. The monoisotopic (exact) mass is 389 g/mol. The third-order valence-corrected chi connectivity index (χ3v) is 6.03. The molecular weight excluding hydrogens is 357 g/mol. The molecule has 0 aromatic heterocycles. The van der Waals surface area contributed by atoms with Gasteiger partial charge in [0.25, 0.3) is 0 Å². The number of likely N-dealkylation sites (N-methyl/N-ethyl adjacent to an activating group) is 1. The number of amides is 2. The Hall–Kier alpha value is -2.11. The van der Waals surface area contributed by atoms with E-state index in [4.69, 9.17) is 0 Å². The molecule has 1 N–H and O–H groups in total. The van der Waals surface area contributed by atoms with Gasteiger partial charge >= 0.3 is 0 Å². The maximum Gasteiger partial charge on any atom is 0.239 e. The molecule has 1 aromatic rings. The summed E-state index contributed by atoms with van der Waals surface area (Å²) >= 11 is 0. The number of piperidine rings is 1. The van der Waals surface area contributed by atoms with Crippen LogP contribution in [0.4, 0.5) is 10.1 Å². The maximum absolute atomic E-state index is 13.1. The molecule has 2 fully saturated rings. The molecule has 0 atom stereocenters. The number of hydrogen-bond donors (Lipinski definition) is 1. The van der Waals surface area contributed by atoms with E-state index in [9.17, 15) is 14.0 Å². The van der Waals surface area contributed by atoms with Crippen molar-refractivity contribution in [1.82, 2.24) is 10.2 Å². The average Bonchev–Trinajstić information content (AvgIpc) is 2.73. The Labute approximate surface area is 167 Å². The molecule has 2 aliphatic rings. The molecule has 1 aromatic carbocycles. The van der Waals surface area contributed by atoms with E-state index in [0.717, 1.165) is 44.5 Å². The number of likely N-dealkylation sites (tertiary alicyclic amines) is 1. The Balaban J connectivity index is 1.44. The van der Waals surface area contributed by atoms with Crippen molar-refractivity contribution < 1.29 is 14.0 Å². The summed E-state index contributed by atoms with van der Waals surface area (Å²) in [6.45, 7) is 4.37. The van der Waals surface area contributed by atoms with Crippen molar-refractivity contribution in [3.63, 3.8) is 0 Å². The van der Waals surface area contributed by atoms with Gasteiger partial charge in [0.15, 0.2) is 0 Å². The van der Waals surface area contributed by atoms with Gasteiger partial charge in [-0.05, 0) is 56.9 Å². The van der Waals surface area contributed by atoms with Gasteiger partial charge in [-0.2, -0.15) is 0 Å². The zero-order chi connectivity index (χ0) is 19.9. The van der Waals surface area contributed by atoms with Gasteiger partial charge in [-0.25, -0.2) is 4.39 Å². The number of carbonyl (C=O) groups is 2. The van der Waals surface area contributed by atoms with Crippen LogP contribution in [0.5, 0.6) is 0 Å². The molecule has 1 aliphatic carbocycles. The molecule has 6 heteroatoms. The van der Waals surface area contributed by atoms with Crippen LogP contribution in [0.3, 0.4) is 0 Å². The molecule has 0 spiro atoms. The SMILES string of the molecule is CCN(CC(=O)NC1CCN(C(=O)C2CCCCC2)CC1)c1ccc(F)cc1. The maximum atomic E-state index is 13.1. The van der Waals surface area contributed by atoms with Crippen LogP contribution in [0.25, 0.3) is 0 Å². The van der Waals surface area contributed by atoms with Crippen LogP contribution in [0.15, 0.2) is 24.3 Å². The van der Waals surface area contributed by atoms with E-state index in [1.807, 2.05) is 16.7 Å². The quantitative estimate of drug-likeness (QED) is 0.812. The number of carbonyl (C=O) groups excluding carboxylic acids is 2. The molecule has 0 bridgehead atoms. The molecule has 5 nitrogen and oxygen atoms in total. The minimum absolute atomic E-state index is 0.0248. The van der Waals surface area contributed by atoms with Gasteiger partial charge in [-0.3, -0.25) is 9.59 Å². The standard InChI is InChI=1S/C22H32FN3O2/c1-2-25(20-10-8-18(23)9-11-20)16-21(27)24-19-12-14-26(15-13-19)22(28)17-6-4-3-5-7-17/h8-11,17,19H,2-7,12-16H2,1H3,(H,24,27). The third-order valence-electron chi connectivity index (χ3n) is 6.03. The van der Waals surface area contributed by atoms with Gasteiger partial charge in [0.2, 0.25) is 11.8 Å². The normalized spacial score (nSPS) is 18.7. The van der Waals surface area contributed by atoms with Crippen LogP contribution >= 0.6 is 0 Å². The first-order valence-corrected chi connectivity index (χ1v) is 10.7. The number of benzene rings is 1. The minimum atomic E-state index is -0.279. The predicted octanol–water partition coefficient (Wildman–Crippen LogP) is 3.34. The summed E-state index contributed by atoms with van der Waals surface area (Å²) in [5, 5.41) is 3.11. The second kappa shape index (κ2) is 9.89. The van der Waals surface area contributed by atoms with Crippen LogP contribution in [0.1, 0.15) is 51.9 Å². The summed E-state index contributed by atoms with van der Waals surface area (Å²) in [5.74, 6) is 0.230. The zero-order valence-corrected chi connectivity index (χ0v) is 16.8. The van der Waals surface area contributed by atoms with E-state index in [2.05, 4.69) is 5.32 Å². The topological polar surface area (TPSA) is 52.7 Å². The molecule has 154 valence electrons. The van der Waals surface area contributed by atoms with Crippen molar-refractivity contribution in [3.8, 4) is 0 Å². The Morgan fingerprint density at radius 3 is 2.32 bits per heavy atom. The Morgan fingerprint density at radius 1 is 1.07 bits per heavy atom. The van der Waals surface area contributed by atoms with E-state index in [1.54, 1.807) is 12.1 Å². The van der Waals surface area contributed by atoms with Crippen LogP contribution in [0, 0.1) is 11.7 Å². The third kappa shape index (κ3) is 5.46. The number of rotatable bonds is 6. The molecule has 28 heavy (non-hydrogen) atoms. The molecule has 2 amide bonds. The lowest BCUT2D eigenvalue weighted by Gasteiger charge is -2.35. The molecule has 1 saturated heterocycles. The van der Waals surface area contributed by atoms with Gasteiger partial charge in [0.1, 0.15) is 5.82 Å². The van der Waals surface area contributed by atoms with Gasteiger partial charge in [0.05, 0.1) is 6.54 Å². The average molecular weight is 390 g/mol. The molecule has 0 radical (unpaired) electrons. The smallest absolute Gasteiger partial charge is 0.239 e. The van der Waals surface area contributed by atoms with Gasteiger partial charge in [-0.1, -0.05) is 19.3 Å². The minimum Gasteiger partial charge on any atom is -0.362 e. The lowest BCUT2D eigenvalue weighted by Crippen LogP contribution is -2.50. The highest BCUT2D eigenvalue weighted by Gasteiger charge is 2.29. The number of anilines is 1. The molecule has 1 saturated carbocycles. The fourth-order valence-electron chi connectivity index (χ4n) is 4.34. The second-order valence-electron chi connectivity index (χ2n) is 7.99. The van der Waals surface area contributed by atoms with E-state index in [1.165, 1.54) is 31.4 Å². The molecular formula is C22H32FN3O2. The second-order valence-corrected chi connectivity index (χ2v) is 7.99. The van der Waals surface area contributed by atoms with Crippen LogP contribution < -0.4 is 10.2 Å². The summed E-state index contributed by atoms with van der Waals surface area (Å²) < 4.78 is 13.1. The lowest BCUT2D eigenvalue weighted by atomic mass is 9.87. The van der Waals surface area contributed by atoms with Crippen molar-refractivity contribution in [2.45, 2.75) is 57.9 Å². The summed E-state index contributed by atoms with van der Waals surface area (Å²) in [4.78, 5) is 29.1. The first-order chi connectivity index (χ1) is 13.6. The van der Waals surface area contributed by atoms with Crippen molar-refractivity contribution in [2.24, 2.45) is 5.92 Å². The van der Waals surface area contributed by atoms with Crippen molar-refractivity contribution in [2.75, 3.05) is 31.1 Å². The van der Waals surface area contributed by atoms with Gasteiger partial charge < -0.3 is 15.1 Å². The van der Waals surface area contributed by atoms with Crippen LogP contribution in [-0.2, 0) is 9.59 Å². The highest BCUT2D eigenvalue weighted by molar-refractivity contribution is 5.82. The summed E-state index contributed by atoms with van der Waals surface area (Å²) in [6, 6.07) is 6.34. The van der Waals surface area contributed by atoms with Crippen molar-refractivity contribution in [3.05, 3.63) is 30.1 Å². The van der Waals surface area contributed by atoms with Crippen LogP contribution in [0.2, 0.25) is 0 Å². The van der Waals surface area contributed by atoms with E-state index in [0.29, 0.717) is 12.5 Å². The lowest BCUT2D eigenvalue weighted by molar-refractivity contribution is -0.137. The first kappa shape index (κ1) is 20.6. The Bertz CT molecular complexity index is 650. The number of halogens is 1. The summed E-state index contributed by atoms with van der Waals surface area (Å²) in [7, 11) is 0. The zero-order valence-electron chi connectivity index (χ0n) is 16.8. The fraction of sp³-hybridized carbons (Fsp3) is 0.636. The van der Waals surface area contributed by atoms with Gasteiger partial charge in [0, 0.05) is 37.3 Å². The highest BCUT2D eigenvalue weighted by atomic mass is 19.1. The van der Waals surface area contributed by atoms with E-state index in [-0.39, 0.29) is 30.2 Å². The largest absolute Gasteiger partial charge is 0.362 e. The van der Waals surface area contributed by atoms with Crippen LogP contribution in [-0.4, -0.2) is 48.9 Å². The fourth-order valence-corrected chi connectivity index (χ4v) is 4.34. The molecule has 1 aliphatic heterocycles. The van der Waals surface area contributed by atoms with E-state index >= 15 is 0 Å². The Morgan fingerprint density at radius 2 is 1.71 bits per heavy atom. The van der Waals surface area contributed by atoms with Crippen molar-refractivity contribution in [1.29, 1.82) is 0 Å². The summed E-state index contributed by atoms with van der Waals surface area (Å²) in [5.41, 5.74) is 0.840. The number of hydrogen-bond acceptors (Lipinski definition) is 3. The molecule has 0 unspecified atom stereocenters. The highest BCUT2D eigenvalue weighted by Crippen LogP contribution is 2.26. The van der Waals surface area contributed by atoms with Crippen molar-refractivity contribution >= 4 is 17.5 Å².